The van der Waals surface area contributed by atoms with Crippen LogP contribution in [0, 0.1) is 0 Å². The van der Waals surface area contributed by atoms with Crippen LogP contribution in [0.3, 0.4) is 0 Å². The van der Waals surface area contributed by atoms with Gasteiger partial charge in [0, 0.05) is 6.54 Å². The molecule has 0 saturated carbocycles. The van der Waals surface area contributed by atoms with Crippen LogP contribution in [-0.2, 0) is 25.6 Å². The maximum Gasteiger partial charge on any atom is 0.328 e. The molecule has 0 bridgehead atoms. The van der Waals surface area contributed by atoms with E-state index in [2.05, 4.69) is 10.6 Å². The minimum atomic E-state index is -1.48. The number of phenolic OH excluding ortho intramolecular Hbond substituents is 1. The lowest BCUT2D eigenvalue weighted by atomic mass is 10.1. The molecule has 31 heavy (non-hydrogen) atoms. The van der Waals surface area contributed by atoms with E-state index in [9.17, 15) is 29.4 Å². The molecule has 4 atom stereocenters. The number of likely N-dealkylation sites (tertiary alicyclic amines) is 1. The number of hydrogen-bond acceptors (Lipinski definition) is 7. The standard InChI is InChI=1S/C20H28N4O7/c1-11(25)17(20(30)31)23-19(29)15-3-2-8-24(15)16(27)10-22-18(28)14(21)9-12-4-6-13(26)7-5-12/h4-7,11,14-15,17,25-26H,2-3,8-10,21H2,1H3,(H,22,28)(H,23,29)(H,30,31). The van der Waals surface area contributed by atoms with Crippen molar-refractivity contribution in [1.82, 2.24) is 15.5 Å². The zero-order valence-electron chi connectivity index (χ0n) is 17.2. The van der Waals surface area contributed by atoms with E-state index in [-0.39, 0.29) is 18.7 Å². The van der Waals surface area contributed by atoms with Gasteiger partial charge in [-0.3, -0.25) is 14.4 Å². The van der Waals surface area contributed by atoms with E-state index in [1.54, 1.807) is 12.1 Å². The average molecular weight is 436 g/mol. The third kappa shape index (κ3) is 6.66. The highest BCUT2D eigenvalue weighted by atomic mass is 16.4. The molecule has 0 aliphatic carbocycles. The summed E-state index contributed by atoms with van der Waals surface area (Å²) in [7, 11) is 0. The summed E-state index contributed by atoms with van der Waals surface area (Å²) in [4.78, 5) is 49.6. The Labute approximate surface area is 179 Å². The van der Waals surface area contributed by atoms with Gasteiger partial charge in [-0.15, -0.1) is 0 Å². The molecule has 0 aromatic heterocycles. The largest absolute Gasteiger partial charge is 0.508 e. The molecule has 1 aliphatic heterocycles. The van der Waals surface area contributed by atoms with Crippen molar-refractivity contribution >= 4 is 23.7 Å². The number of hydrogen-bond donors (Lipinski definition) is 6. The fourth-order valence-electron chi connectivity index (χ4n) is 3.35. The number of aliphatic carboxylic acids is 1. The summed E-state index contributed by atoms with van der Waals surface area (Å²) in [6.07, 6.45) is -0.200. The van der Waals surface area contributed by atoms with Crippen LogP contribution in [-0.4, -0.2) is 81.2 Å². The van der Waals surface area contributed by atoms with Gasteiger partial charge in [-0.2, -0.15) is 0 Å². The Bertz CT molecular complexity index is 812. The third-order valence-electron chi connectivity index (χ3n) is 5.06. The van der Waals surface area contributed by atoms with Crippen LogP contribution in [0.1, 0.15) is 25.3 Å². The number of carbonyl (C=O) groups is 4. The van der Waals surface area contributed by atoms with Gasteiger partial charge in [0.1, 0.15) is 11.8 Å². The fourth-order valence-corrected chi connectivity index (χ4v) is 3.35. The molecule has 1 saturated heterocycles. The zero-order valence-corrected chi connectivity index (χ0v) is 17.2. The van der Waals surface area contributed by atoms with E-state index >= 15 is 0 Å². The summed E-state index contributed by atoms with van der Waals surface area (Å²) in [5.74, 6) is -2.99. The van der Waals surface area contributed by atoms with Crippen LogP contribution < -0.4 is 16.4 Å². The zero-order chi connectivity index (χ0) is 23.1. The highest BCUT2D eigenvalue weighted by Crippen LogP contribution is 2.18. The van der Waals surface area contributed by atoms with Crippen molar-refractivity contribution in [2.24, 2.45) is 5.73 Å². The Balaban J connectivity index is 1.88. The number of nitrogens with two attached hydrogens (primary N) is 1. The lowest BCUT2D eigenvalue weighted by molar-refractivity contribution is -0.146. The van der Waals surface area contributed by atoms with Crippen molar-refractivity contribution in [3.8, 4) is 5.75 Å². The molecule has 1 heterocycles. The topological polar surface area (TPSA) is 182 Å². The van der Waals surface area contributed by atoms with Gasteiger partial charge in [0.05, 0.1) is 18.7 Å². The third-order valence-corrected chi connectivity index (χ3v) is 5.06. The smallest absolute Gasteiger partial charge is 0.328 e. The number of rotatable bonds is 9. The number of aliphatic hydroxyl groups is 1. The second-order valence-electron chi connectivity index (χ2n) is 7.51. The van der Waals surface area contributed by atoms with Crippen LogP contribution in [0.5, 0.6) is 5.75 Å². The molecule has 7 N–H and O–H groups in total. The first-order chi connectivity index (χ1) is 14.6. The molecule has 1 aliphatic rings. The molecule has 1 fully saturated rings. The summed E-state index contributed by atoms with van der Waals surface area (Å²) in [5, 5.41) is 32.6. The molecular formula is C20H28N4O7. The molecule has 0 spiro atoms. The number of nitrogens with zero attached hydrogens (tertiary/aromatic N) is 1. The van der Waals surface area contributed by atoms with Crippen LogP contribution >= 0.6 is 0 Å². The summed E-state index contributed by atoms with van der Waals surface area (Å²) in [6, 6.07) is 2.97. The fraction of sp³-hybridized carbons (Fsp3) is 0.500. The first-order valence-corrected chi connectivity index (χ1v) is 9.92. The number of carboxylic acids is 1. The molecule has 1 aromatic rings. The summed E-state index contributed by atoms with van der Waals surface area (Å²) < 4.78 is 0. The summed E-state index contributed by atoms with van der Waals surface area (Å²) >= 11 is 0. The van der Waals surface area contributed by atoms with Gasteiger partial charge in [0.25, 0.3) is 0 Å². The highest BCUT2D eigenvalue weighted by molar-refractivity contribution is 5.93. The molecule has 11 heteroatoms. The minimum Gasteiger partial charge on any atom is -0.508 e. The van der Waals surface area contributed by atoms with Crippen LogP contribution in [0.2, 0.25) is 0 Å². The van der Waals surface area contributed by atoms with Crippen molar-refractivity contribution < 1.29 is 34.5 Å². The molecule has 0 radical (unpaired) electrons. The van der Waals surface area contributed by atoms with Gasteiger partial charge in [0.15, 0.2) is 6.04 Å². The van der Waals surface area contributed by atoms with Crippen molar-refractivity contribution in [3.05, 3.63) is 29.8 Å². The number of phenols is 1. The van der Waals surface area contributed by atoms with E-state index in [0.717, 1.165) is 5.56 Å². The minimum absolute atomic E-state index is 0.0969. The summed E-state index contributed by atoms with van der Waals surface area (Å²) in [6.45, 7) is 1.18. The molecule has 2 rings (SSSR count). The quantitative estimate of drug-likeness (QED) is 0.265. The molecular weight excluding hydrogens is 408 g/mol. The van der Waals surface area contributed by atoms with E-state index < -0.39 is 47.9 Å². The number of carbonyl (C=O) groups excluding carboxylic acids is 3. The van der Waals surface area contributed by atoms with E-state index in [4.69, 9.17) is 10.8 Å². The Morgan fingerprint density at radius 3 is 2.45 bits per heavy atom. The van der Waals surface area contributed by atoms with Gasteiger partial charge in [0.2, 0.25) is 17.7 Å². The highest BCUT2D eigenvalue weighted by Gasteiger charge is 2.36. The van der Waals surface area contributed by atoms with Crippen LogP contribution in [0.25, 0.3) is 0 Å². The van der Waals surface area contributed by atoms with Crippen molar-refractivity contribution in [1.29, 1.82) is 0 Å². The lowest BCUT2D eigenvalue weighted by Crippen LogP contribution is -2.55. The Morgan fingerprint density at radius 2 is 1.87 bits per heavy atom. The number of aromatic hydroxyl groups is 1. The van der Waals surface area contributed by atoms with E-state index in [1.807, 2.05) is 0 Å². The van der Waals surface area contributed by atoms with Crippen LogP contribution in [0.4, 0.5) is 0 Å². The van der Waals surface area contributed by atoms with Gasteiger partial charge in [-0.25, -0.2) is 4.79 Å². The van der Waals surface area contributed by atoms with Gasteiger partial charge in [-0.05, 0) is 43.9 Å². The summed E-state index contributed by atoms with van der Waals surface area (Å²) in [5.41, 5.74) is 6.62. The van der Waals surface area contributed by atoms with Gasteiger partial charge >= 0.3 is 5.97 Å². The molecule has 4 unspecified atom stereocenters. The van der Waals surface area contributed by atoms with Crippen molar-refractivity contribution in [2.75, 3.05) is 13.1 Å². The molecule has 11 nitrogen and oxygen atoms in total. The number of aliphatic hydroxyl groups excluding tert-OH is 1. The maximum absolute atomic E-state index is 12.5. The SMILES string of the molecule is CC(O)C(NC(=O)C1CCCN1C(=O)CNC(=O)C(N)Cc1ccc(O)cc1)C(=O)O. The second-order valence-corrected chi connectivity index (χ2v) is 7.51. The predicted octanol–water partition coefficient (Wildman–Crippen LogP) is -1.68. The first kappa shape index (κ1) is 24.1. The Hall–Kier alpha value is -3.18. The number of carboxylic acid groups (broad SMARTS) is 1. The van der Waals surface area contributed by atoms with Gasteiger partial charge in [-0.1, -0.05) is 12.1 Å². The number of benzene rings is 1. The maximum atomic E-state index is 12.5. The Morgan fingerprint density at radius 1 is 1.23 bits per heavy atom. The Kier molecular flexibility index (Phi) is 8.34. The van der Waals surface area contributed by atoms with Crippen LogP contribution in [0.15, 0.2) is 24.3 Å². The van der Waals surface area contributed by atoms with E-state index in [0.29, 0.717) is 19.4 Å². The van der Waals surface area contributed by atoms with E-state index in [1.165, 1.54) is 24.0 Å². The second kappa shape index (κ2) is 10.7. The van der Waals surface area contributed by atoms with Crippen molar-refractivity contribution in [3.63, 3.8) is 0 Å². The molecule has 3 amide bonds. The van der Waals surface area contributed by atoms with Gasteiger partial charge < -0.3 is 36.6 Å². The monoisotopic (exact) mass is 436 g/mol. The van der Waals surface area contributed by atoms with Crippen molar-refractivity contribution in [2.45, 2.75) is 50.4 Å². The normalized spacial score (nSPS) is 18.7. The molecule has 1 aromatic carbocycles. The lowest BCUT2D eigenvalue weighted by Gasteiger charge is -2.26. The first-order valence-electron chi connectivity index (χ1n) is 9.92. The number of amides is 3. The number of nitrogens with one attached hydrogen (secondary N) is 2. The molecule has 170 valence electrons. The predicted molar refractivity (Wildman–Crippen MR) is 109 cm³/mol. The average Bonchev–Trinajstić information content (AvgIpc) is 3.21.